The molecule has 21 heavy (non-hydrogen) atoms. The minimum absolute atomic E-state index is 0.0727. The first-order valence-corrected chi connectivity index (χ1v) is 8.98. The lowest BCUT2D eigenvalue weighted by molar-refractivity contribution is -0.0114. The van der Waals surface area contributed by atoms with Gasteiger partial charge < -0.3 is 14.6 Å². The van der Waals surface area contributed by atoms with Crippen LogP contribution in [0.2, 0.25) is 0 Å². The SMILES string of the molecule is CCn1cc(S(=O)(=O)N2CC3CCC(C2)O3)cc1CNC. The van der Waals surface area contributed by atoms with Crippen LogP contribution in [0.3, 0.4) is 0 Å². The molecule has 118 valence electrons. The van der Waals surface area contributed by atoms with Crippen molar-refractivity contribution in [2.75, 3.05) is 20.1 Å². The lowest BCUT2D eigenvalue weighted by atomic mass is 10.2. The third-order valence-electron chi connectivity index (χ3n) is 4.31. The number of sulfonamides is 1. The summed E-state index contributed by atoms with van der Waals surface area (Å²) in [5.74, 6) is 0. The fourth-order valence-electron chi connectivity index (χ4n) is 3.21. The van der Waals surface area contributed by atoms with E-state index < -0.39 is 10.0 Å². The Balaban J connectivity index is 1.87. The fraction of sp³-hybridized carbons (Fsp3) is 0.714. The Morgan fingerprint density at radius 1 is 1.33 bits per heavy atom. The highest BCUT2D eigenvalue weighted by molar-refractivity contribution is 7.89. The Labute approximate surface area is 126 Å². The maximum Gasteiger partial charge on any atom is 0.244 e. The molecule has 2 atom stereocenters. The first-order valence-electron chi connectivity index (χ1n) is 7.54. The zero-order valence-corrected chi connectivity index (χ0v) is 13.4. The summed E-state index contributed by atoms with van der Waals surface area (Å²) >= 11 is 0. The van der Waals surface area contributed by atoms with E-state index in [9.17, 15) is 8.42 Å². The molecule has 2 bridgehead atoms. The van der Waals surface area contributed by atoms with Gasteiger partial charge in [-0.25, -0.2) is 8.42 Å². The predicted molar refractivity (Wildman–Crippen MR) is 79.5 cm³/mol. The molecule has 2 saturated heterocycles. The van der Waals surface area contributed by atoms with E-state index in [1.165, 1.54) is 0 Å². The molecule has 1 aromatic rings. The van der Waals surface area contributed by atoms with Gasteiger partial charge >= 0.3 is 0 Å². The van der Waals surface area contributed by atoms with Crippen molar-refractivity contribution in [3.8, 4) is 0 Å². The van der Waals surface area contributed by atoms with Crippen LogP contribution < -0.4 is 5.32 Å². The van der Waals surface area contributed by atoms with Crippen LogP contribution in [0.25, 0.3) is 0 Å². The number of nitrogens with zero attached hydrogens (tertiary/aromatic N) is 2. The van der Waals surface area contributed by atoms with Crippen LogP contribution in [-0.2, 0) is 27.8 Å². The summed E-state index contributed by atoms with van der Waals surface area (Å²) in [4.78, 5) is 0.399. The van der Waals surface area contributed by atoms with Crippen LogP contribution in [0.15, 0.2) is 17.2 Å². The van der Waals surface area contributed by atoms with Crippen molar-refractivity contribution in [2.24, 2.45) is 0 Å². The summed E-state index contributed by atoms with van der Waals surface area (Å²) in [6.07, 6.45) is 3.83. The van der Waals surface area contributed by atoms with Crippen LogP contribution in [0.4, 0.5) is 0 Å². The summed E-state index contributed by atoms with van der Waals surface area (Å²) in [5.41, 5.74) is 0.995. The number of hydrogen-bond donors (Lipinski definition) is 1. The Kier molecular flexibility index (Phi) is 4.09. The summed E-state index contributed by atoms with van der Waals surface area (Å²) in [6, 6.07) is 1.78. The molecule has 2 aliphatic heterocycles. The monoisotopic (exact) mass is 313 g/mol. The molecule has 0 saturated carbocycles. The van der Waals surface area contributed by atoms with Crippen molar-refractivity contribution >= 4 is 10.0 Å². The van der Waals surface area contributed by atoms with Gasteiger partial charge in [0.1, 0.15) is 4.90 Å². The second kappa shape index (κ2) is 5.72. The number of aromatic nitrogens is 1. The lowest BCUT2D eigenvalue weighted by Gasteiger charge is -2.30. The highest BCUT2D eigenvalue weighted by atomic mass is 32.2. The van der Waals surface area contributed by atoms with E-state index in [2.05, 4.69) is 5.32 Å². The lowest BCUT2D eigenvalue weighted by Crippen LogP contribution is -2.45. The average molecular weight is 313 g/mol. The molecule has 1 N–H and O–H groups in total. The smallest absolute Gasteiger partial charge is 0.244 e. The normalized spacial score (nSPS) is 26.4. The first-order chi connectivity index (χ1) is 10.0. The Hall–Kier alpha value is -0.890. The number of nitrogens with one attached hydrogen (secondary N) is 1. The Bertz CT molecular complexity index is 599. The van der Waals surface area contributed by atoms with E-state index in [0.29, 0.717) is 24.5 Å². The van der Waals surface area contributed by atoms with Crippen molar-refractivity contribution < 1.29 is 13.2 Å². The van der Waals surface area contributed by atoms with E-state index in [4.69, 9.17) is 4.74 Å². The molecule has 6 nitrogen and oxygen atoms in total. The van der Waals surface area contributed by atoms with E-state index in [0.717, 1.165) is 25.1 Å². The quantitative estimate of drug-likeness (QED) is 0.872. The molecule has 0 spiro atoms. The molecule has 0 aliphatic carbocycles. The molecular weight excluding hydrogens is 290 g/mol. The minimum atomic E-state index is -3.41. The molecule has 3 rings (SSSR count). The molecule has 2 aliphatic rings. The van der Waals surface area contributed by atoms with Crippen molar-refractivity contribution in [3.63, 3.8) is 0 Å². The molecule has 0 radical (unpaired) electrons. The van der Waals surface area contributed by atoms with Crippen LogP contribution >= 0.6 is 0 Å². The predicted octanol–water partition coefficient (Wildman–Crippen LogP) is 0.779. The Morgan fingerprint density at radius 3 is 2.57 bits per heavy atom. The maximum atomic E-state index is 12.8. The molecule has 0 aromatic carbocycles. The summed E-state index contributed by atoms with van der Waals surface area (Å²) < 4.78 is 35.0. The minimum Gasteiger partial charge on any atom is -0.372 e. The van der Waals surface area contributed by atoms with Gasteiger partial charge in [0.2, 0.25) is 10.0 Å². The zero-order valence-electron chi connectivity index (χ0n) is 12.6. The molecule has 7 heteroatoms. The molecule has 2 fully saturated rings. The highest BCUT2D eigenvalue weighted by Crippen LogP contribution is 2.30. The van der Waals surface area contributed by atoms with Gasteiger partial charge in [0.05, 0.1) is 12.2 Å². The van der Waals surface area contributed by atoms with Gasteiger partial charge in [-0.15, -0.1) is 0 Å². The van der Waals surface area contributed by atoms with Crippen LogP contribution in [0, 0.1) is 0 Å². The van der Waals surface area contributed by atoms with Crippen molar-refractivity contribution in [1.29, 1.82) is 0 Å². The largest absolute Gasteiger partial charge is 0.372 e. The summed E-state index contributed by atoms with van der Waals surface area (Å²) in [5, 5.41) is 3.08. The molecule has 0 amide bonds. The third-order valence-corrected chi connectivity index (χ3v) is 6.10. The van der Waals surface area contributed by atoms with E-state index in [-0.39, 0.29) is 12.2 Å². The third kappa shape index (κ3) is 2.75. The van der Waals surface area contributed by atoms with Gasteiger partial charge in [0, 0.05) is 38.1 Å². The number of hydrogen-bond acceptors (Lipinski definition) is 4. The maximum absolute atomic E-state index is 12.8. The van der Waals surface area contributed by atoms with E-state index >= 15 is 0 Å². The Morgan fingerprint density at radius 2 is 2.00 bits per heavy atom. The van der Waals surface area contributed by atoms with Gasteiger partial charge in [0.25, 0.3) is 0 Å². The second-order valence-corrected chi connectivity index (χ2v) is 7.70. The van der Waals surface area contributed by atoms with Gasteiger partial charge in [-0.3, -0.25) is 0 Å². The molecule has 3 heterocycles. The molecular formula is C14H23N3O3S. The van der Waals surface area contributed by atoms with Gasteiger partial charge in [-0.2, -0.15) is 4.31 Å². The van der Waals surface area contributed by atoms with Gasteiger partial charge in [0.15, 0.2) is 0 Å². The standard InChI is InChI=1S/C14H23N3O3S/c1-3-16-10-14(6-11(16)7-15-2)21(18,19)17-8-12-4-5-13(9-17)20-12/h6,10,12-13,15H,3-5,7-9H2,1-2H3. The average Bonchev–Trinajstić information content (AvgIpc) is 3.03. The van der Waals surface area contributed by atoms with Crippen molar-refractivity contribution in [2.45, 2.75) is 50.0 Å². The number of fused-ring (bicyclic) bond motifs is 2. The number of ether oxygens (including phenoxy) is 1. The molecule has 2 unspecified atom stereocenters. The topological polar surface area (TPSA) is 63.6 Å². The van der Waals surface area contributed by atoms with Gasteiger partial charge in [-0.05, 0) is 32.9 Å². The van der Waals surface area contributed by atoms with Crippen molar-refractivity contribution in [1.82, 2.24) is 14.2 Å². The molecule has 1 aromatic heterocycles. The second-order valence-electron chi connectivity index (χ2n) is 5.76. The summed E-state index contributed by atoms with van der Waals surface area (Å²) in [6.45, 7) is 4.41. The van der Waals surface area contributed by atoms with E-state index in [1.54, 1.807) is 16.6 Å². The summed E-state index contributed by atoms with van der Waals surface area (Å²) in [7, 11) is -1.55. The number of aryl methyl sites for hydroxylation is 1. The zero-order chi connectivity index (χ0) is 15.0. The fourth-order valence-corrected chi connectivity index (χ4v) is 4.78. The number of rotatable bonds is 5. The van der Waals surface area contributed by atoms with Crippen LogP contribution in [-0.4, -0.2) is 49.6 Å². The van der Waals surface area contributed by atoms with Gasteiger partial charge in [-0.1, -0.05) is 0 Å². The van der Waals surface area contributed by atoms with Crippen LogP contribution in [0.1, 0.15) is 25.5 Å². The first kappa shape index (κ1) is 15.0. The van der Waals surface area contributed by atoms with Crippen LogP contribution in [0.5, 0.6) is 0 Å². The highest BCUT2D eigenvalue weighted by Gasteiger charge is 2.39. The number of morpholine rings is 1. The van der Waals surface area contributed by atoms with E-state index in [1.807, 2.05) is 18.5 Å². The van der Waals surface area contributed by atoms with Crippen molar-refractivity contribution in [3.05, 3.63) is 18.0 Å².